The van der Waals surface area contributed by atoms with Gasteiger partial charge in [0.15, 0.2) is 0 Å². The Morgan fingerprint density at radius 2 is 1.80 bits per heavy atom. The van der Waals surface area contributed by atoms with Gasteiger partial charge in [-0.2, -0.15) is 0 Å². The predicted molar refractivity (Wildman–Crippen MR) is 75.8 cm³/mol. The van der Waals surface area contributed by atoms with Gasteiger partial charge in [0.25, 0.3) is 0 Å². The van der Waals surface area contributed by atoms with Gasteiger partial charge in [-0.1, -0.05) is 11.8 Å². The van der Waals surface area contributed by atoms with Gasteiger partial charge in [-0.25, -0.2) is 0 Å². The highest BCUT2D eigenvalue weighted by Crippen LogP contribution is 2.19. The van der Waals surface area contributed by atoms with Crippen LogP contribution in [0.5, 0.6) is 0 Å². The molecule has 1 aliphatic carbocycles. The van der Waals surface area contributed by atoms with Gasteiger partial charge in [-0.3, -0.25) is 4.79 Å². The molecule has 99 valence electrons. The van der Waals surface area contributed by atoms with Crippen molar-refractivity contribution in [1.82, 2.24) is 5.32 Å². The maximum Gasteiger partial charge on any atom is 0.233 e. The minimum Gasteiger partial charge on any atom is -0.467 e. The number of benzene rings is 1. The Labute approximate surface area is 118 Å². The summed E-state index contributed by atoms with van der Waals surface area (Å²) < 4.78 is 5.45. The molecule has 3 nitrogen and oxygen atoms in total. The molecule has 0 aliphatic heterocycles. The number of hydrogen-bond donors (Lipinski definition) is 1. The van der Waals surface area contributed by atoms with Crippen molar-refractivity contribution in [2.75, 3.05) is 0 Å². The average molecular weight is 264 g/mol. The molecule has 0 atom stereocenters. The smallest absolute Gasteiger partial charge is 0.233 e. The summed E-state index contributed by atoms with van der Waals surface area (Å²) in [5, 5.41) is 3.39. The van der Waals surface area contributed by atoms with E-state index in [9.17, 15) is 4.79 Å². The fraction of sp³-hybridized carbons (Fsp3) is 0.235. The molecule has 3 heteroatoms. The van der Waals surface area contributed by atoms with Crippen LogP contribution in [0.25, 0.3) is 0 Å². The minimum atomic E-state index is 0.535. The third-order valence-corrected chi connectivity index (χ3v) is 3.15. The van der Waals surface area contributed by atoms with Crippen LogP contribution in [0.4, 0.5) is 0 Å². The first kappa shape index (κ1) is 12.7. The Hall–Kier alpha value is -2.31. The van der Waals surface area contributed by atoms with Crippen LogP contribution >= 0.6 is 0 Å². The van der Waals surface area contributed by atoms with Crippen LogP contribution in [0.3, 0.4) is 0 Å². The maximum absolute atomic E-state index is 10.4. The minimum absolute atomic E-state index is 0.535. The predicted octanol–water partition coefficient (Wildman–Crippen LogP) is 2.39. The fourth-order valence-corrected chi connectivity index (χ4v) is 1.84. The van der Waals surface area contributed by atoms with E-state index in [1.165, 1.54) is 12.8 Å². The van der Waals surface area contributed by atoms with E-state index in [1.54, 1.807) is 18.4 Å². The number of nitrogens with one attached hydrogen (secondary N) is 1. The Kier molecular flexibility index (Phi) is 3.67. The van der Waals surface area contributed by atoms with Gasteiger partial charge in [-0.15, -0.1) is 0 Å². The zero-order valence-electron chi connectivity index (χ0n) is 11.0. The molecular formula is C17H14NO2. The summed E-state index contributed by atoms with van der Waals surface area (Å²) in [7, 11) is 0. The molecule has 1 aromatic heterocycles. The zero-order valence-corrected chi connectivity index (χ0v) is 11.0. The molecule has 0 saturated heterocycles. The van der Waals surface area contributed by atoms with Crippen molar-refractivity contribution in [2.24, 2.45) is 0 Å². The fourth-order valence-electron chi connectivity index (χ4n) is 1.84. The van der Waals surface area contributed by atoms with E-state index in [1.807, 2.05) is 24.5 Å². The van der Waals surface area contributed by atoms with Crippen molar-refractivity contribution in [2.45, 2.75) is 25.4 Å². The van der Waals surface area contributed by atoms with E-state index in [4.69, 9.17) is 4.42 Å². The highest BCUT2D eigenvalue weighted by Gasteiger charge is 2.20. The van der Waals surface area contributed by atoms with Gasteiger partial charge in [0, 0.05) is 17.2 Å². The second-order valence-electron chi connectivity index (χ2n) is 4.89. The van der Waals surface area contributed by atoms with Gasteiger partial charge >= 0.3 is 0 Å². The normalized spacial score (nSPS) is 13.6. The van der Waals surface area contributed by atoms with Crippen LogP contribution in [0.1, 0.15) is 35.3 Å². The van der Waals surface area contributed by atoms with E-state index in [-0.39, 0.29) is 0 Å². The second kappa shape index (κ2) is 5.77. The van der Waals surface area contributed by atoms with Crippen molar-refractivity contribution >= 4 is 6.29 Å². The molecule has 20 heavy (non-hydrogen) atoms. The quantitative estimate of drug-likeness (QED) is 0.862. The molecule has 0 amide bonds. The van der Waals surface area contributed by atoms with Gasteiger partial charge in [0.05, 0.1) is 12.1 Å². The SMILES string of the molecule is O=[C]c1ccc(C#Cc2coc(CNC3CC3)c2)cc1. The highest BCUT2D eigenvalue weighted by atomic mass is 16.3. The van der Waals surface area contributed by atoms with E-state index < -0.39 is 0 Å². The number of carbonyl (C=O) groups excluding carboxylic acids is 1. The van der Waals surface area contributed by atoms with E-state index >= 15 is 0 Å². The molecule has 1 radical (unpaired) electrons. The summed E-state index contributed by atoms with van der Waals surface area (Å²) in [5.41, 5.74) is 2.26. The van der Waals surface area contributed by atoms with Crippen molar-refractivity contribution in [1.29, 1.82) is 0 Å². The van der Waals surface area contributed by atoms with Gasteiger partial charge in [0.2, 0.25) is 6.29 Å². The summed E-state index contributed by atoms with van der Waals surface area (Å²) in [6, 6.07) is 9.65. The van der Waals surface area contributed by atoms with Crippen molar-refractivity contribution in [3.63, 3.8) is 0 Å². The Bertz CT molecular complexity index is 654. The van der Waals surface area contributed by atoms with Crippen LogP contribution in [-0.4, -0.2) is 12.3 Å². The summed E-state index contributed by atoms with van der Waals surface area (Å²) in [6.07, 6.45) is 6.04. The molecule has 1 heterocycles. The topological polar surface area (TPSA) is 42.2 Å². The van der Waals surface area contributed by atoms with Crippen LogP contribution in [0.15, 0.2) is 41.0 Å². The first-order chi connectivity index (χ1) is 9.83. The van der Waals surface area contributed by atoms with Gasteiger partial charge in [0.1, 0.15) is 12.0 Å². The molecule has 0 unspecified atom stereocenters. The Balaban J connectivity index is 1.64. The largest absolute Gasteiger partial charge is 0.467 e. The number of furan rings is 1. The van der Waals surface area contributed by atoms with E-state index in [2.05, 4.69) is 17.2 Å². The average Bonchev–Trinajstić information content (AvgIpc) is 3.22. The molecule has 3 rings (SSSR count). The lowest BCUT2D eigenvalue weighted by Crippen LogP contribution is -2.14. The van der Waals surface area contributed by atoms with E-state index in [0.717, 1.165) is 23.4 Å². The van der Waals surface area contributed by atoms with E-state index in [0.29, 0.717) is 11.6 Å². The van der Waals surface area contributed by atoms with Gasteiger partial charge < -0.3 is 9.73 Å². The first-order valence-electron chi connectivity index (χ1n) is 6.64. The van der Waals surface area contributed by atoms with Crippen LogP contribution in [0.2, 0.25) is 0 Å². The molecule has 2 aromatic rings. The van der Waals surface area contributed by atoms with Crippen LogP contribution in [-0.2, 0) is 11.3 Å². The highest BCUT2D eigenvalue weighted by molar-refractivity contribution is 5.75. The molecule has 0 bridgehead atoms. The van der Waals surface area contributed by atoms with Crippen molar-refractivity contribution in [3.05, 3.63) is 59.0 Å². The monoisotopic (exact) mass is 264 g/mol. The van der Waals surface area contributed by atoms with Crippen LogP contribution < -0.4 is 5.32 Å². The summed E-state index contributed by atoms with van der Waals surface area (Å²) in [4.78, 5) is 10.4. The molecule has 0 spiro atoms. The molecule has 1 saturated carbocycles. The lowest BCUT2D eigenvalue weighted by Gasteiger charge is -1.96. The summed E-state index contributed by atoms with van der Waals surface area (Å²) in [6.45, 7) is 0.760. The number of hydrogen-bond acceptors (Lipinski definition) is 3. The number of rotatable bonds is 4. The second-order valence-corrected chi connectivity index (χ2v) is 4.89. The standard InChI is InChI=1S/C17H14NO2/c19-11-14-4-1-13(2-5-14)3-6-15-9-17(20-12-15)10-18-16-7-8-16/h1-2,4-5,9,12,16,18H,7-8,10H2. The Morgan fingerprint density at radius 1 is 1.10 bits per heavy atom. The molecular weight excluding hydrogens is 250 g/mol. The van der Waals surface area contributed by atoms with Crippen molar-refractivity contribution in [3.8, 4) is 11.8 Å². The first-order valence-corrected chi connectivity index (χ1v) is 6.64. The summed E-state index contributed by atoms with van der Waals surface area (Å²) >= 11 is 0. The third kappa shape index (κ3) is 3.37. The van der Waals surface area contributed by atoms with Crippen LogP contribution in [0, 0.1) is 11.8 Å². The van der Waals surface area contributed by atoms with Gasteiger partial charge in [-0.05, 0) is 43.2 Å². The van der Waals surface area contributed by atoms with Crippen molar-refractivity contribution < 1.29 is 9.21 Å². The molecule has 1 aliphatic rings. The lowest BCUT2D eigenvalue weighted by atomic mass is 10.1. The summed E-state index contributed by atoms with van der Waals surface area (Å²) in [5.74, 6) is 7.00. The Morgan fingerprint density at radius 3 is 2.50 bits per heavy atom. The molecule has 1 N–H and O–H groups in total. The third-order valence-electron chi connectivity index (χ3n) is 3.15. The lowest BCUT2D eigenvalue weighted by molar-refractivity contribution is 0.482. The maximum atomic E-state index is 10.4. The zero-order chi connectivity index (χ0) is 13.8. The molecule has 1 aromatic carbocycles. The molecule has 1 fully saturated rings.